The number of nitrogens with one attached hydrogen (secondary N) is 2. The van der Waals surface area contributed by atoms with Gasteiger partial charge >= 0.3 is 0 Å². The minimum Gasteiger partial charge on any atom is -0.496 e. The van der Waals surface area contributed by atoms with Gasteiger partial charge in [0.1, 0.15) is 5.75 Å². The normalized spacial score (nSPS) is 15.4. The lowest BCUT2D eigenvalue weighted by atomic mass is 10.0. The minimum absolute atomic E-state index is 0. The van der Waals surface area contributed by atoms with Crippen LogP contribution >= 0.6 is 24.0 Å². The number of guanidine groups is 1. The van der Waals surface area contributed by atoms with Gasteiger partial charge in [0.15, 0.2) is 5.96 Å². The van der Waals surface area contributed by atoms with Crippen LogP contribution in [0.2, 0.25) is 0 Å². The maximum atomic E-state index is 5.64. The molecular formula is C23H34IN5O. The molecular weight excluding hydrogens is 489 g/mol. The average Bonchev–Trinajstić information content (AvgIpc) is 3.29. The lowest BCUT2D eigenvalue weighted by molar-refractivity contribution is 0.239. The van der Waals surface area contributed by atoms with Crippen molar-refractivity contribution in [2.45, 2.75) is 32.2 Å². The lowest BCUT2D eigenvalue weighted by Gasteiger charge is -2.30. The van der Waals surface area contributed by atoms with E-state index in [9.17, 15) is 0 Å². The number of rotatable bonds is 8. The molecule has 1 fully saturated rings. The van der Waals surface area contributed by atoms with Crippen LogP contribution < -0.4 is 15.4 Å². The number of hydrogen-bond donors (Lipinski definition) is 2. The zero-order valence-electron chi connectivity index (χ0n) is 18.2. The van der Waals surface area contributed by atoms with Crippen LogP contribution in [-0.4, -0.2) is 56.2 Å². The van der Waals surface area contributed by atoms with Gasteiger partial charge in [0.25, 0.3) is 0 Å². The van der Waals surface area contributed by atoms with Crippen LogP contribution in [0.5, 0.6) is 5.75 Å². The van der Waals surface area contributed by atoms with Crippen LogP contribution in [0.3, 0.4) is 0 Å². The van der Waals surface area contributed by atoms with E-state index in [1.807, 2.05) is 31.6 Å². The topological polar surface area (TPSA) is 61.8 Å². The van der Waals surface area contributed by atoms with Crippen molar-refractivity contribution in [3.8, 4) is 5.75 Å². The summed E-state index contributed by atoms with van der Waals surface area (Å²) in [4.78, 5) is 11.1. The fraction of sp³-hybridized carbons (Fsp3) is 0.478. The molecule has 0 spiro atoms. The van der Waals surface area contributed by atoms with Crippen LogP contribution in [-0.2, 0) is 6.42 Å². The highest BCUT2D eigenvalue weighted by Gasteiger charge is 2.25. The second-order valence-electron chi connectivity index (χ2n) is 7.43. The average molecular weight is 523 g/mol. The van der Waals surface area contributed by atoms with E-state index >= 15 is 0 Å². The van der Waals surface area contributed by atoms with Crippen molar-refractivity contribution in [3.05, 3.63) is 59.4 Å². The Morgan fingerprint density at radius 1 is 1.20 bits per heavy atom. The third-order valence-corrected chi connectivity index (χ3v) is 5.59. The van der Waals surface area contributed by atoms with Gasteiger partial charge in [-0.15, -0.1) is 24.0 Å². The van der Waals surface area contributed by atoms with Gasteiger partial charge in [-0.1, -0.05) is 18.2 Å². The van der Waals surface area contributed by atoms with E-state index in [2.05, 4.69) is 50.6 Å². The number of hydrogen-bond acceptors (Lipinski definition) is 4. The first-order valence-corrected chi connectivity index (χ1v) is 10.4. The largest absolute Gasteiger partial charge is 0.496 e. The quantitative estimate of drug-likeness (QED) is 0.315. The van der Waals surface area contributed by atoms with Gasteiger partial charge in [0, 0.05) is 38.1 Å². The third-order valence-electron chi connectivity index (χ3n) is 5.59. The molecule has 0 bridgehead atoms. The molecule has 1 unspecified atom stereocenters. The highest BCUT2D eigenvalue weighted by molar-refractivity contribution is 14.0. The number of pyridine rings is 1. The summed E-state index contributed by atoms with van der Waals surface area (Å²) in [5, 5.41) is 6.97. The molecule has 3 rings (SSSR count). The van der Waals surface area contributed by atoms with E-state index in [0.29, 0.717) is 0 Å². The molecule has 6 nitrogen and oxygen atoms in total. The highest BCUT2D eigenvalue weighted by Crippen LogP contribution is 2.31. The first kappa shape index (κ1) is 24.4. The van der Waals surface area contributed by atoms with E-state index in [1.54, 1.807) is 7.11 Å². The Hall–Kier alpha value is -1.87. The van der Waals surface area contributed by atoms with Crippen molar-refractivity contribution in [1.82, 2.24) is 20.5 Å². The van der Waals surface area contributed by atoms with Crippen LogP contribution in [0.15, 0.2) is 47.7 Å². The lowest BCUT2D eigenvalue weighted by Crippen LogP contribution is -2.43. The van der Waals surface area contributed by atoms with Gasteiger partial charge in [-0.2, -0.15) is 0 Å². The third kappa shape index (κ3) is 6.57. The molecule has 0 amide bonds. The number of para-hydroxylation sites is 1. The van der Waals surface area contributed by atoms with Crippen molar-refractivity contribution < 1.29 is 4.74 Å². The summed E-state index contributed by atoms with van der Waals surface area (Å²) in [5.41, 5.74) is 3.77. The fourth-order valence-electron chi connectivity index (χ4n) is 3.94. The molecule has 1 aliphatic heterocycles. The summed E-state index contributed by atoms with van der Waals surface area (Å²) in [5.74, 6) is 1.78. The molecule has 30 heavy (non-hydrogen) atoms. The van der Waals surface area contributed by atoms with Crippen LogP contribution in [0.1, 0.15) is 35.6 Å². The van der Waals surface area contributed by atoms with Crippen LogP contribution in [0.4, 0.5) is 0 Å². The number of nitrogens with zero attached hydrogens (tertiary/aromatic N) is 3. The molecule has 2 aromatic rings. The van der Waals surface area contributed by atoms with Crippen molar-refractivity contribution in [3.63, 3.8) is 0 Å². The molecule has 7 heteroatoms. The zero-order valence-corrected chi connectivity index (χ0v) is 20.6. The monoisotopic (exact) mass is 523 g/mol. The summed E-state index contributed by atoms with van der Waals surface area (Å²) in [6.07, 6.45) is 7.21. The Balaban J connectivity index is 0.00000320. The molecule has 1 atom stereocenters. The van der Waals surface area contributed by atoms with Gasteiger partial charge in [0.2, 0.25) is 0 Å². The second kappa shape index (κ2) is 12.7. The zero-order chi connectivity index (χ0) is 20.5. The van der Waals surface area contributed by atoms with Crippen molar-refractivity contribution in [2.24, 2.45) is 4.99 Å². The van der Waals surface area contributed by atoms with E-state index in [1.165, 1.54) is 29.5 Å². The first-order valence-electron chi connectivity index (χ1n) is 10.4. The van der Waals surface area contributed by atoms with E-state index in [0.717, 1.165) is 44.3 Å². The molecule has 2 N–H and O–H groups in total. The van der Waals surface area contributed by atoms with E-state index < -0.39 is 0 Å². The van der Waals surface area contributed by atoms with Crippen molar-refractivity contribution in [2.75, 3.05) is 40.3 Å². The molecule has 0 saturated carbocycles. The van der Waals surface area contributed by atoms with Crippen molar-refractivity contribution >= 4 is 29.9 Å². The van der Waals surface area contributed by atoms with Crippen molar-refractivity contribution in [1.29, 1.82) is 0 Å². The number of aryl methyl sites for hydroxylation is 1. The highest BCUT2D eigenvalue weighted by atomic mass is 127. The molecule has 1 saturated heterocycles. The minimum atomic E-state index is 0. The summed E-state index contributed by atoms with van der Waals surface area (Å²) < 4.78 is 5.64. The van der Waals surface area contributed by atoms with Gasteiger partial charge in [-0.25, -0.2) is 0 Å². The summed E-state index contributed by atoms with van der Waals surface area (Å²) in [6.45, 7) is 5.96. The smallest absolute Gasteiger partial charge is 0.191 e. The predicted molar refractivity (Wildman–Crippen MR) is 134 cm³/mol. The number of halogens is 1. The Morgan fingerprint density at radius 3 is 2.67 bits per heavy atom. The Labute approximate surface area is 197 Å². The van der Waals surface area contributed by atoms with Gasteiger partial charge in [0.05, 0.1) is 13.2 Å². The molecule has 164 valence electrons. The maximum Gasteiger partial charge on any atom is 0.191 e. The number of ether oxygens (including phenoxy) is 1. The maximum absolute atomic E-state index is 5.64. The Morgan fingerprint density at radius 2 is 1.97 bits per heavy atom. The number of aromatic nitrogens is 1. The number of benzene rings is 1. The fourth-order valence-corrected chi connectivity index (χ4v) is 3.94. The Bertz CT molecular complexity index is 808. The molecule has 2 heterocycles. The summed E-state index contributed by atoms with van der Waals surface area (Å²) in [6, 6.07) is 10.7. The predicted octanol–water partition coefficient (Wildman–Crippen LogP) is 3.56. The van der Waals surface area contributed by atoms with Crippen LogP contribution in [0.25, 0.3) is 0 Å². The molecule has 1 aromatic carbocycles. The molecule has 1 aliphatic rings. The SMILES string of the molecule is CN=C(NCCc1ccncc1C)NCC(c1ccccc1OC)N1CCCC1.I. The standard InChI is InChI=1S/C23H33N5O.HI/c1-18-16-25-12-10-19(18)11-13-26-23(24-2)27-17-21(28-14-6-7-15-28)20-8-4-5-9-22(20)29-3;/h4-5,8-10,12,16,21H,6-7,11,13-15,17H2,1-3H3,(H2,24,26,27);1H. The summed E-state index contributed by atoms with van der Waals surface area (Å²) in [7, 11) is 3.57. The summed E-state index contributed by atoms with van der Waals surface area (Å²) >= 11 is 0. The van der Waals surface area contributed by atoms with Crippen LogP contribution in [0, 0.1) is 6.92 Å². The van der Waals surface area contributed by atoms with E-state index in [4.69, 9.17) is 4.74 Å². The number of aliphatic imine (C=N–C) groups is 1. The van der Waals surface area contributed by atoms with Gasteiger partial charge < -0.3 is 15.4 Å². The molecule has 1 aromatic heterocycles. The van der Waals surface area contributed by atoms with Gasteiger partial charge in [-0.3, -0.25) is 14.9 Å². The number of methoxy groups -OCH3 is 1. The molecule has 0 aliphatic carbocycles. The number of likely N-dealkylation sites (tertiary alicyclic amines) is 1. The van der Waals surface area contributed by atoms with Gasteiger partial charge in [-0.05, 0) is 62.5 Å². The molecule has 0 radical (unpaired) electrons. The second-order valence-corrected chi connectivity index (χ2v) is 7.43. The van der Waals surface area contributed by atoms with E-state index in [-0.39, 0.29) is 30.0 Å². The Kier molecular flexibility index (Phi) is 10.4. The first-order chi connectivity index (χ1) is 14.2.